The first-order chi connectivity index (χ1) is 25.2. The molecular weight excluding hydrogens is 649 g/mol. The van der Waals surface area contributed by atoms with Crippen LogP contribution in [0.2, 0.25) is 0 Å². The molecule has 0 saturated heterocycles. The lowest BCUT2D eigenvalue weighted by Gasteiger charge is -2.09. The van der Waals surface area contributed by atoms with E-state index in [9.17, 15) is 0 Å². The minimum absolute atomic E-state index is 0.744. The van der Waals surface area contributed by atoms with Gasteiger partial charge in [-0.2, -0.15) is 4.99 Å². The first kappa shape index (κ1) is 30.2. The SMILES string of the molecule is S=C=Nc1ccc(/C2=c3\cc/c([nH]3)=C(\c3cccnc3)c3ccc([nH]3)/C(c3cccnc3)=c3/cc/c([nH]3)=C(\c3cccnc3)c3ccc2[nH]3)cc1. The van der Waals surface area contributed by atoms with Crippen LogP contribution in [0.5, 0.6) is 0 Å². The Morgan fingerprint density at radius 2 is 0.784 bits per heavy atom. The van der Waals surface area contributed by atoms with Crippen molar-refractivity contribution in [1.82, 2.24) is 34.9 Å². The molecule has 0 atom stereocenters. The van der Waals surface area contributed by atoms with Gasteiger partial charge in [0.1, 0.15) is 0 Å². The molecule has 7 aromatic heterocycles. The van der Waals surface area contributed by atoms with E-state index < -0.39 is 0 Å². The van der Waals surface area contributed by atoms with Gasteiger partial charge in [-0.15, -0.1) is 0 Å². The fourth-order valence-corrected chi connectivity index (χ4v) is 6.96. The second kappa shape index (κ2) is 12.8. The molecule has 8 aromatic rings. The van der Waals surface area contributed by atoms with E-state index in [4.69, 9.17) is 12.2 Å². The molecule has 0 aliphatic carbocycles. The second-order valence-corrected chi connectivity index (χ2v) is 12.3. The van der Waals surface area contributed by atoms with Gasteiger partial charge in [0.15, 0.2) is 0 Å². The Hall–Kier alpha value is -6.93. The Morgan fingerprint density at radius 1 is 0.412 bits per heavy atom. The molecule has 8 bridgehead atoms. The number of hydrogen-bond acceptors (Lipinski definition) is 5. The Kier molecular flexibility index (Phi) is 7.59. The second-order valence-electron chi connectivity index (χ2n) is 12.1. The molecule has 0 spiro atoms. The molecule has 1 aliphatic rings. The Morgan fingerprint density at radius 3 is 1.12 bits per heavy atom. The van der Waals surface area contributed by atoms with Gasteiger partial charge in [0, 0.05) is 120 Å². The number of aromatic amines is 4. The third-order valence-corrected chi connectivity index (χ3v) is 9.17. The fourth-order valence-electron chi connectivity index (χ4n) is 6.86. The van der Waals surface area contributed by atoms with Crippen molar-refractivity contribution < 1.29 is 0 Å². The van der Waals surface area contributed by atoms with Gasteiger partial charge in [0.2, 0.25) is 0 Å². The predicted octanol–water partition coefficient (Wildman–Crippen LogP) is 5.22. The number of hydrogen-bond donors (Lipinski definition) is 4. The topological polar surface area (TPSA) is 114 Å². The predicted molar refractivity (Wildman–Crippen MR) is 202 cm³/mol. The number of nitrogens with zero attached hydrogens (tertiary/aromatic N) is 4. The molecule has 0 unspecified atom stereocenters. The normalized spacial score (nSPS) is 16.8. The summed E-state index contributed by atoms with van der Waals surface area (Å²) in [6.07, 6.45) is 11.1. The molecule has 51 heavy (non-hydrogen) atoms. The van der Waals surface area contributed by atoms with Gasteiger partial charge in [-0.3, -0.25) is 15.0 Å². The van der Waals surface area contributed by atoms with Crippen molar-refractivity contribution in [3.05, 3.63) is 213 Å². The van der Waals surface area contributed by atoms with Gasteiger partial charge < -0.3 is 19.9 Å². The van der Waals surface area contributed by atoms with E-state index in [0.717, 1.165) is 94.4 Å². The Balaban J connectivity index is 1.42. The number of rotatable bonds is 5. The molecule has 8 nitrogen and oxygen atoms in total. The lowest BCUT2D eigenvalue weighted by Crippen LogP contribution is -2.19. The summed E-state index contributed by atoms with van der Waals surface area (Å²) in [5.74, 6) is 0. The smallest absolute Gasteiger partial charge is 0.0739 e. The quantitative estimate of drug-likeness (QED) is 0.148. The monoisotopic (exact) mass is 676 g/mol. The first-order valence-electron chi connectivity index (χ1n) is 16.4. The summed E-state index contributed by atoms with van der Waals surface area (Å²) in [5.41, 5.74) is 12.5. The number of H-pyrrole nitrogens is 4. The van der Waals surface area contributed by atoms with Crippen molar-refractivity contribution in [1.29, 1.82) is 0 Å². The lowest BCUT2D eigenvalue weighted by molar-refractivity contribution is 1.18. The third kappa shape index (κ3) is 5.58. The molecule has 242 valence electrons. The van der Waals surface area contributed by atoms with Crippen molar-refractivity contribution >= 4 is 45.4 Å². The van der Waals surface area contributed by atoms with Crippen LogP contribution in [0.4, 0.5) is 5.69 Å². The molecule has 0 amide bonds. The van der Waals surface area contributed by atoms with Crippen LogP contribution >= 0.6 is 12.2 Å². The van der Waals surface area contributed by atoms with Crippen molar-refractivity contribution in [3.63, 3.8) is 0 Å². The van der Waals surface area contributed by atoms with Gasteiger partial charge in [0.05, 0.1) is 10.8 Å². The maximum atomic E-state index is 4.86. The number of pyridine rings is 3. The number of fused-ring (bicyclic) bond motifs is 8. The summed E-state index contributed by atoms with van der Waals surface area (Å²) < 4.78 is 0. The maximum absolute atomic E-state index is 4.86. The van der Waals surface area contributed by atoms with Crippen molar-refractivity contribution in [2.24, 2.45) is 4.99 Å². The molecular formula is C42H28N8S. The van der Waals surface area contributed by atoms with Gasteiger partial charge in [-0.1, -0.05) is 30.3 Å². The highest BCUT2D eigenvalue weighted by molar-refractivity contribution is 7.78. The van der Waals surface area contributed by atoms with E-state index in [1.54, 1.807) is 18.6 Å². The summed E-state index contributed by atoms with van der Waals surface area (Å²) in [4.78, 5) is 32.7. The summed E-state index contributed by atoms with van der Waals surface area (Å²) in [7, 11) is 0. The van der Waals surface area contributed by atoms with Crippen LogP contribution in [0.15, 0.2) is 151 Å². The maximum Gasteiger partial charge on any atom is 0.0739 e. The summed E-state index contributed by atoms with van der Waals surface area (Å²) in [6.45, 7) is 0. The zero-order valence-corrected chi connectivity index (χ0v) is 27.9. The number of isothiocyanates is 1. The van der Waals surface area contributed by atoms with Gasteiger partial charge in [-0.05, 0) is 96.6 Å². The van der Waals surface area contributed by atoms with E-state index in [0.29, 0.717) is 0 Å². The number of aromatic nitrogens is 7. The average Bonchev–Trinajstić information content (AvgIpc) is 4.02. The van der Waals surface area contributed by atoms with Gasteiger partial charge >= 0.3 is 0 Å². The average molecular weight is 677 g/mol. The van der Waals surface area contributed by atoms with Crippen LogP contribution in [-0.2, 0) is 0 Å². The number of benzene rings is 1. The number of thiocarbonyl (C=S) groups is 1. The third-order valence-electron chi connectivity index (χ3n) is 9.08. The van der Waals surface area contributed by atoms with Crippen LogP contribution in [0.3, 0.4) is 0 Å². The standard InChI is InChI=1S/C42H28N8S/c51-25-46-30-9-7-26(8-10-30)39-31-11-13-33(47-31)40(27-4-1-19-43-22-27)35-15-17-37(49-35)42(29-6-3-21-45-24-29)38-18-16-36(50-38)41(28-5-2-20-44-23-28)34-14-12-32(39)48-34/h1-24,47-50H/b39-31-,39-32?,40-33-,40-35?,41-34?,41-36-,42-37?,42-38-. The molecule has 1 aromatic carbocycles. The van der Waals surface area contributed by atoms with Crippen LogP contribution in [-0.4, -0.2) is 40.0 Å². The van der Waals surface area contributed by atoms with Crippen LogP contribution < -0.4 is 21.4 Å². The molecule has 8 heterocycles. The minimum atomic E-state index is 0.744. The summed E-state index contributed by atoms with van der Waals surface area (Å²) in [5, 5.41) is 6.24. The molecule has 4 N–H and O–H groups in total. The van der Waals surface area contributed by atoms with Crippen molar-refractivity contribution in [3.8, 4) is 0 Å². The highest BCUT2D eigenvalue weighted by atomic mass is 32.1. The zero-order valence-electron chi connectivity index (χ0n) is 27.1. The minimum Gasteiger partial charge on any atom is -0.354 e. The summed E-state index contributed by atoms with van der Waals surface area (Å²) in [6, 6.07) is 37.2. The van der Waals surface area contributed by atoms with E-state index in [2.05, 4.69) is 124 Å². The highest BCUT2D eigenvalue weighted by Gasteiger charge is 2.18. The number of nitrogens with one attached hydrogen (secondary N) is 4. The van der Waals surface area contributed by atoms with Crippen LogP contribution in [0.1, 0.15) is 45.0 Å². The van der Waals surface area contributed by atoms with Crippen molar-refractivity contribution in [2.75, 3.05) is 0 Å². The number of aliphatic imine (C=N–C) groups is 1. The molecule has 0 radical (unpaired) electrons. The Bertz CT molecular complexity index is 2840. The molecule has 1 aliphatic heterocycles. The van der Waals surface area contributed by atoms with Gasteiger partial charge in [-0.25, -0.2) is 0 Å². The van der Waals surface area contributed by atoms with E-state index >= 15 is 0 Å². The molecule has 0 fully saturated rings. The van der Waals surface area contributed by atoms with Crippen LogP contribution in [0.25, 0.3) is 22.3 Å². The Labute approximate surface area is 297 Å². The first-order valence-corrected chi connectivity index (χ1v) is 16.8. The zero-order chi connectivity index (χ0) is 34.1. The molecule has 9 heteroatoms. The van der Waals surface area contributed by atoms with Crippen molar-refractivity contribution in [2.45, 2.75) is 0 Å². The highest BCUT2D eigenvalue weighted by Crippen LogP contribution is 2.28. The lowest BCUT2D eigenvalue weighted by atomic mass is 10.0. The van der Waals surface area contributed by atoms with E-state index in [-0.39, 0.29) is 0 Å². The molecule has 0 saturated carbocycles. The van der Waals surface area contributed by atoms with E-state index in [1.165, 1.54) is 0 Å². The molecule has 9 rings (SSSR count). The van der Waals surface area contributed by atoms with E-state index in [1.807, 2.05) is 48.9 Å². The fraction of sp³-hybridized carbons (Fsp3) is 0. The largest absolute Gasteiger partial charge is 0.354 e. The summed E-state index contributed by atoms with van der Waals surface area (Å²) >= 11 is 4.86. The van der Waals surface area contributed by atoms with Crippen LogP contribution in [0, 0.1) is 0 Å². The van der Waals surface area contributed by atoms with Gasteiger partial charge in [0.25, 0.3) is 0 Å².